The molecule has 1 aliphatic heterocycles. The standard InChI is InChI=1S/C5H9ClO3S/c1-3-5(6)4(2)9-10(7)8-3/h3-5H,1-2H3/t3-,4+,5?,10?. The first kappa shape index (κ1) is 8.46. The van der Waals surface area contributed by atoms with Crippen molar-refractivity contribution in [3.05, 3.63) is 0 Å². The fourth-order valence-electron chi connectivity index (χ4n) is 0.758. The van der Waals surface area contributed by atoms with Crippen LogP contribution in [0.4, 0.5) is 0 Å². The van der Waals surface area contributed by atoms with Gasteiger partial charge in [-0.05, 0) is 13.8 Å². The van der Waals surface area contributed by atoms with Gasteiger partial charge in [-0.1, -0.05) is 0 Å². The highest BCUT2D eigenvalue weighted by Gasteiger charge is 2.31. The molecule has 0 radical (unpaired) electrons. The van der Waals surface area contributed by atoms with E-state index in [0.717, 1.165) is 0 Å². The molecule has 3 nitrogen and oxygen atoms in total. The van der Waals surface area contributed by atoms with Crippen LogP contribution in [0, 0.1) is 0 Å². The summed E-state index contributed by atoms with van der Waals surface area (Å²) in [7, 11) is 0. The van der Waals surface area contributed by atoms with E-state index in [4.69, 9.17) is 20.0 Å². The van der Waals surface area contributed by atoms with Crippen LogP contribution < -0.4 is 0 Å². The van der Waals surface area contributed by atoms with Crippen molar-refractivity contribution in [1.29, 1.82) is 0 Å². The van der Waals surface area contributed by atoms with Crippen LogP contribution in [0.1, 0.15) is 13.8 Å². The molecule has 1 fully saturated rings. The summed E-state index contributed by atoms with van der Waals surface area (Å²) in [6, 6.07) is 0. The molecule has 0 saturated carbocycles. The summed E-state index contributed by atoms with van der Waals surface area (Å²) in [4.78, 5) is 0. The molecule has 1 saturated heterocycles. The van der Waals surface area contributed by atoms with Crippen molar-refractivity contribution in [3.63, 3.8) is 0 Å². The quantitative estimate of drug-likeness (QED) is 0.527. The molecule has 0 bridgehead atoms. The van der Waals surface area contributed by atoms with Gasteiger partial charge < -0.3 is 0 Å². The van der Waals surface area contributed by atoms with Crippen LogP contribution in [0.3, 0.4) is 0 Å². The molecule has 1 heterocycles. The van der Waals surface area contributed by atoms with E-state index in [9.17, 15) is 4.21 Å². The molecule has 0 N–H and O–H groups in total. The lowest BCUT2D eigenvalue weighted by atomic mass is 10.2. The van der Waals surface area contributed by atoms with E-state index in [2.05, 4.69) is 0 Å². The average Bonchev–Trinajstić information content (AvgIpc) is 1.82. The highest BCUT2D eigenvalue weighted by molar-refractivity contribution is 7.75. The molecule has 2 unspecified atom stereocenters. The largest absolute Gasteiger partial charge is 0.305 e. The van der Waals surface area contributed by atoms with Gasteiger partial charge in [-0.15, -0.1) is 11.6 Å². The van der Waals surface area contributed by atoms with E-state index >= 15 is 0 Å². The zero-order chi connectivity index (χ0) is 7.72. The van der Waals surface area contributed by atoms with E-state index < -0.39 is 11.4 Å². The number of halogens is 1. The maximum Gasteiger partial charge on any atom is 0.305 e. The highest BCUT2D eigenvalue weighted by Crippen LogP contribution is 2.21. The first-order valence-electron chi connectivity index (χ1n) is 3.01. The van der Waals surface area contributed by atoms with Gasteiger partial charge in [0.25, 0.3) is 0 Å². The van der Waals surface area contributed by atoms with E-state index in [1.54, 1.807) is 13.8 Å². The molecule has 1 rings (SSSR count). The molecule has 5 heteroatoms. The summed E-state index contributed by atoms with van der Waals surface area (Å²) >= 11 is 4.19. The predicted molar refractivity (Wildman–Crippen MR) is 38.9 cm³/mol. The van der Waals surface area contributed by atoms with Crippen LogP contribution in [0.2, 0.25) is 0 Å². The van der Waals surface area contributed by atoms with Gasteiger partial charge in [0, 0.05) is 0 Å². The smallest absolute Gasteiger partial charge is 0.264 e. The number of hydrogen-bond acceptors (Lipinski definition) is 3. The number of rotatable bonds is 0. The van der Waals surface area contributed by atoms with Gasteiger partial charge in [-0.25, -0.2) is 0 Å². The Kier molecular flexibility index (Phi) is 2.68. The fourth-order valence-corrected chi connectivity index (χ4v) is 1.76. The molecule has 0 aromatic rings. The second-order valence-corrected chi connectivity index (χ2v) is 3.55. The second-order valence-electron chi connectivity index (χ2n) is 2.25. The Morgan fingerprint density at radius 3 is 2.10 bits per heavy atom. The molecule has 10 heavy (non-hydrogen) atoms. The Balaban J connectivity index is 2.57. The minimum atomic E-state index is -1.61. The lowest BCUT2D eigenvalue weighted by Gasteiger charge is -2.27. The summed E-state index contributed by atoms with van der Waals surface area (Å²) in [5.41, 5.74) is 0. The molecular formula is C5H9ClO3S. The van der Waals surface area contributed by atoms with Gasteiger partial charge in [0.2, 0.25) is 0 Å². The third-order valence-corrected chi connectivity index (χ3v) is 2.99. The molecule has 0 aromatic heterocycles. The third-order valence-electron chi connectivity index (χ3n) is 1.36. The third kappa shape index (κ3) is 1.69. The summed E-state index contributed by atoms with van der Waals surface area (Å²) in [5.74, 6) is 0. The first-order chi connectivity index (χ1) is 4.61. The molecule has 1 aliphatic rings. The number of hydrogen-bond donors (Lipinski definition) is 0. The lowest BCUT2D eigenvalue weighted by Crippen LogP contribution is -2.39. The van der Waals surface area contributed by atoms with Crippen LogP contribution >= 0.6 is 11.6 Å². The van der Waals surface area contributed by atoms with Crippen molar-refractivity contribution in [2.45, 2.75) is 31.4 Å². The molecule has 0 spiro atoms. The fraction of sp³-hybridized carbons (Fsp3) is 1.00. The van der Waals surface area contributed by atoms with Gasteiger partial charge in [0.15, 0.2) is 0 Å². The SMILES string of the molecule is C[C@@H]1OS(=O)O[C@H](C)C1Cl. The van der Waals surface area contributed by atoms with E-state index in [1.807, 2.05) is 0 Å². The first-order valence-corrected chi connectivity index (χ1v) is 4.45. The van der Waals surface area contributed by atoms with E-state index in [0.29, 0.717) is 0 Å². The minimum absolute atomic E-state index is 0.203. The topological polar surface area (TPSA) is 35.5 Å². The molecule has 0 amide bonds. The van der Waals surface area contributed by atoms with Crippen molar-refractivity contribution in [2.75, 3.05) is 0 Å². The van der Waals surface area contributed by atoms with Crippen molar-refractivity contribution in [3.8, 4) is 0 Å². The maximum absolute atomic E-state index is 10.6. The van der Waals surface area contributed by atoms with Gasteiger partial charge >= 0.3 is 11.4 Å². The summed E-state index contributed by atoms with van der Waals surface area (Å²) in [6.07, 6.45) is -0.405. The van der Waals surface area contributed by atoms with E-state index in [1.165, 1.54) is 0 Å². The van der Waals surface area contributed by atoms with Crippen molar-refractivity contribution >= 4 is 23.0 Å². The minimum Gasteiger partial charge on any atom is -0.264 e. The molecule has 60 valence electrons. The highest BCUT2D eigenvalue weighted by atomic mass is 35.5. The van der Waals surface area contributed by atoms with Gasteiger partial charge in [0.05, 0.1) is 17.6 Å². The van der Waals surface area contributed by atoms with Crippen LogP contribution in [0.25, 0.3) is 0 Å². The summed E-state index contributed by atoms with van der Waals surface area (Å²) < 4.78 is 20.2. The lowest BCUT2D eigenvalue weighted by molar-refractivity contribution is 0.0825. The Morgan fingerprint density at radius 2 is 1.70 bits per heavy atom. The molecule has 0 aromatic carbocycles. The molecule has 0 aliphatic carbocycles. The normalized spacial score (nSPS) is 49.1. The maximum atomic E-state index is 10.6. The zero-order valence-electron chi connectivity index (χ0n) is 5.74. The van der Waals surface area contributed by atoms with Gasteiger partial charge in [0.1, 0.15) is 0 Å². The zero-order valence-corrected chi connectivity index (χ0v) is 7.32. The Morgan fingerprint density at radius 1 is 1.30 bits per heavy atom. The Hall–Kier alpha value is 0.360. The van der Waals surface area contributed by atoms with Crippen molar-refractivity contribution < 1.29 is 12.6 Å². The second kappa shape index (κ2) is 3.17. The van der Waals surface area contributed by atoms with Crippen molar-refractivity contribution in [2.24, 2.45) is 0 Å². The van der Waals surface area contributed by atoms with Crippen LogP contribution in [-0.2, 0) is 19.7 Å². The van der Waals surface area contributed by atoms with E-state index in [-0.39, 0.29) is 17.6 Å². The Labute approximate surface area is 67.5 Å². The van der Waals surface area contributed by atoms with Crippen molar-refractivity contribution in [1.82, 2.24) is 0 Å². The van der Waals surface area contributed by atoms with Crippen LogP contribution in [0.5, 0.6) is 0 Å². The summed E-state index contributed by atoms with van der Waals surface area (Å²) in [5, 5.41) is -0.210. The molecule has 4 atom stereocenters. The molecular weight excluding hydrogens is 176 g/mol. The van der Waals surface area contributed by atoms with Crippen LogP contribution in [-0.4, -0.2) is 21.8 Å². The number of alkyl halides is 1. The average molecular weight is 185 g/mol. The van der Waals surface area contributed by atoms with Gasteiger partial charge in [-0.2, -0.15) is 4.21 Å². The van der Waals surface area contributed by atoms with Gasteiger partial charge in [-0.3, -0.25) is 8.37 Å². The predicted octanol–water partition coefficient (Wildman–Crippen LogP) is 0.996. The Bertz CT molecular complexity index is 138. The van der Waals surface area contributed by atoms with Crippen LogP contribution in [0.15, 0.2) is 0 Å². The summed E-state index contributed by atoms with van der Waals surface area (Å²) in [6.45, 7) is 3.54. The monoisotopic (exact) mass is 184 g/mol.